The minimum atomic E-state index is 0.0175. The highest BCUT2D eigenvalue weighted by Crippen LogP contribution is 2.31. The summed E-state index contributed by atoms with van der Waals surface area (Å²) in [5.74, 6) is 0.0175. The molecule has 108 valence electrons. The van der Waals surface area contributed by atoms with Gasteiger partial charge in [0, 0.05) is 12.5 Å². The topological polar surface area (TPSA) is 42.0 Å². The van der Waals surface area contributed by atoms with Gasteiger partial charge in [0.25, 0.3) is 0 Å². The molecule has 0 bridgehead atoms. The van der Waals surface area contributed by atoms with Crippen LogP contribution < -0.4 is 5.32 Å². The van der Waals surface area contributed by atoms with E-state index in [0.717, 1.165) is 34.1 Å². The predicted molar refractivity (Wildman–Crippen MR) is 87.4 cm³/mol. The summed E-state index contributed by atoms with van der Waals surface area (Å²) in [6, 6.07) is 7.99. The zero-order chi connectivity index (χ0) is 14.4. The van der Waals surface area contributed by atoms with Gasteiger partial charge in [0.15, 0.2) is 9.45 Å². The van der Waals surface area contributed by atoms with Crippen molar-refractivity contribution in [2.24, 2.45) is 5.92 Å². The summed E-state index contributed by atoms with van der Waals surface area (Å²) in [7, 11) is 0. The zero-order valence-electron chi connectivity index (χ0n) is 11.9. The van der Waals surface area contributed by atoms with E-state index < -0.39 is 0 Å². The van der Waals surface area contributed by atoms with Crippen molar-refractivity contribution in [1.29, 1.82) is 0 Å². The number of thiazole rings is 1. The van der Waals surface area contributed by atoms with Crippen LogP contribution in [0.15, 0.2) is 28.6 Å². The molecule has 20 heavy (non-hydrogen) atoms. The maximum Gasteiger partial charge on any atom is 0.199 e. The highest BCUT2D eigenvalue weighted by atomic mass is 32.2. The lowest BCUT2D eigenvalue weighted by Crippen LogP contribution is -2.25. The molecule has 0 aliphatic heterocycles. The molecule has 0 spiro atoms. The lowest BCUT2D eigenvalue weighted by molar-refractivity contribution is -0.113. The number of para-hydroxylation sites is 1. The second-order valence-electron chi connectivity index (χ2n) is 4.83. The van der Waals surface area contributed by atoms with E-state index in [1.807, 2.05) is 31.2 Å². The van der Waals surface area contributed by atoms with Gasteiger partial charge in [0.1, 0.15) is 0 Å². The van der Waals surface area contributed by atoms with E-state index in [1.54, 1.807) is 11.3 Å². The number of carbonyl (C=O) groups excluding carboxylic acids is 1. The monoisotopic (exact) mass is 308 g/mol. The van der Waals surface area contributed by atoms with Crippen molar-refractivity contribution in [3.63, 3.8) is 0 Å². The molecule has 0 fully saturated rings. The molecular formula is C15H20N2OS2. The second kappa shape index (κ2) is 7.76. The van der Waals surface area contributed by atoms with Crippen molar-refractivity contribution in [3.8, 4) is 0 Å². The Morgan fingerprint density at radius 1 is 1.45 bits per heavy atom. The first-order valence-electron chi connectivity index (χ1n) is 6.98. The summed E-state index contributed by atoms with van der Waals surface area (Å²) in [6.07, 6.45) is 2.34. The molecule has 0 saturated heterocycles. The molecule has 1 aromatic heterocycles. The Kier molecular flexibility index (Phi) is 6.01. The first-order chi connectivity index (χ1) is 9.70. The molecule has 0 saturated carbocycles. The number of hydrogen-bond donors (Lipinski definition) is 1. The van der Waals surface area contributed by atoms with Crippen molar-refractivity contribution in [3.05, 3.63) is 24.3 Å². The number of benzene rings is 1. The Morgan fingerprint density at radius 3 is 3.00 bits per heavy atom. The van der Waals surface area contributed by atoms with Crippen LogP contribution in [-0.2, 0) is 4.79 Å². The molecule has 2 aromatic rings. The molecule has 1 unspecified atom stereocenters. The molecule has 0 aliphatic rings. The Bertz CT molecular complexity index is 535. The van der Waals surface area contributed by atoms with Crippen molar-refractivity contribution < 1.29 is 4.79 Å². The average Bonchev–Trinajstić information content (AvgIpc) is 2.85. The average molecular weight is 308 g/mol. The van der Waals surface area contributed by atoms with E-state index in [0.29, 0.717) is 0 Å². The molecule has 1 N–H and O–H groups in total. The highest BCUT2D eigenvalue weighted by molar-refractivity contribution is 8.15. The van der Waals surface area contributed by atoms with Crippen LogP contribution in [0.1, 0.15) is 26.7 Å². The number of fused-ring (bicyclic) bond motifs is 1. The molecule has 2 rings (SSSR count). The van der Waals surface area contributed by atoms with E-state index in [2.05, 4.69) is 17.2 Å². The molecule has 0 amide bonds. The minimum Gasteiger partial charge on any atom is -0.316 e. The van der Waals surface area contributed by atoms with E-state index >= 15 is 0 Å². The summed E-state index contributed by atoms with van der Waals surface area (Å²) in [5.41, 5.74) is 0.974. The number of nitrogens with one attached hydrogen (secondary N) is 1. The van der Waals surface area contributed by atoms with E-state index in [-0.39, 0.29) is 11.0 Å². The standard InChI is InChI=1S/C15H20N2OS2/c1-3-4-9-16-10-11(2)14(18)20-15-17-12-7-5-6-8-13(12)19-15/h5-8,11,16H,3-4,9-10H2,1-2H3. The summed E-state index contributed by atoms with van der Waals surface area (Å²) < 4.78 is 1.98. The first-order valence-corrected chi connectivity index (χ1v) is 8.62. The number of thioether (sulfide) groups is 1. The minimum absolute atomic E-state index is 0.0175. The highest BCUT2D eigenvalue weighted by Gasteiger charge is 2.16. The molecule has 1 atom stereocenters. The fourth-order valence-electron chi connectivity index (χ4n) is 1.79. The van der Waals surface area contributed by atoms with Crippen molar-refractivity contribution in [2.75, 3.05) is 13.1 Å². The number of unbranched alkanes of at least 4 members (excludes halogenated alkanes) is 1. The number of hydrogen-bond acceptors (Lipinski definition) is 5. The quantitative estimate of drug-likeness (QED) is 0.621. The van der Waals surface area contributed by atoms with E-state index in [4.69, 9.17) is 0 Å². The Labute approximate surface area is 128 Å². The van der Waals surface area contributed by atoms with Crippen LogP contribution in [0.25, 0.3) is 10.2 Å². The van der Waals surface area contributed by atoms with Gasteiger partial charge in [-0.05, 0) is 36.9 Å². The third-order valence-electron chi connectivity index (χ3n) is 3.02. The van der Waals surface area contributed by atoms with Gasteiger partial charge < -0.3 is 5.32 Å². The van der Waals surface area contributed by atoms with Crippen molar-refractivity contribution in [2.45, 2.75) is 31.0 Å². The number of rotatable bonds is 7. The summed E-state index contributed by atoms with van der Waals surface area (Å²) in [4.78, 5) is 16.6. The number of nitrogens with zero attached hydrogens (tertiary/aromatic N) is 1. The van der Waals surface area contributed by atoms with Gasteiger partial charge in [0.05, 0.1) is 10.2 Å². The van der Waals surface area contributed by atoms with Crippen LogP contribution in [0.4, 0.5) is 0 Å². The number of aromatic nitrogens is 1. The maximum atomic E-state index is 12.1. The lowest BCUT2D eigenvalue weighted by atomic mass is 10.2. The molecule has 1 aromatic carbocycles. The van der Waals surface area contributed by atoms with Gasteiger partial charge in [-0.25, -0.2) is 4.98 Å². The van der Waals surface area contributed by atoms with Crippen molar-refractivity contribution in [1.82, 2.24) is 10.3 Å². The van der Waals surface area contributed by atoms with Crippen molar-refractivity contribution >= 4 is 38.4 Å². The summed E-state index contributed by atoms with van der Waals surface area (Å²) >= 11 is 2.86. The van der Waals surface area contributed by atoms with Crippen LogP contribution in [-0.4, -0.2) is 23.2 Å². The lowest BCUT2D eigenvalue weighted by Gasteiger charge is -2.09. The SMILES string of the molecule is CCCCNCC(C)C(=O)Sc1nc2ccccc2s1. The Balaban J connectivity index is 1.87. The third kappa shape index (κ3) is 4.30. The smallest absolute Gasteiger partial charge is 0.199 e. The van der Waals surface area contributed by atoms with Gasteiger partial charge in [-0.15, -0.1) is 11.3 Å². The second-order valence-corrected chi connectivity index (χ2v) is 7.11. The Morgan fingerprint density at radius 2 is 2.25 bits per heavy atom. The Hall–Kier alpha value is -0.910. The molecule has 0 aliphatic carbocycles. The third-order valence-corrected chi connectivity index (χ3v) is 5.22. The van der Waals surface area contributed by atoms with Gasteiger partial charge in [0.2, 0.25) is 0 Å². The van der Waals surface area contributed by atoms with Crippen LogP contribution in [0.3, 0.4) is 0 Å². The first kappa shape index (κ1) is 15.5. The van der Waals surface area contributed by atoms with Gasteiger partial charge in [-0.1, -0.05) is 32.4 Å². The molecular weight excluding hydrogens is 288 g/mol. The van der Waals surface area contributed by atoms with Gasteiger partial charge in [-0.2, -0.15) is 0 Å². The normalized spacial score (nSPS) is 12.7. The van der Waals surface area contributed by atoms with Crippen LogP contribution >= 0.6 is 23.1 Å². The summed E-state index contributed by atoms with van der Waals surface area (Å²) in [5, 5.41) is 3.52. The molecule has 3 nitrogen and oxygen atoms in total. The fraction of sp³-hybridized carbons (Fsp3) is 0.467. The van der Waals surface area contributed by atoms with Gasteiger partial charge in [-0.3, -0.25) is 4.79 Å². The van der Waals surface area contributed by atoms with E-state index in [1.165, 1.54) is 18.2 Å². The molecule has 0 radical (unpaired) electrons. The zero-order valence-corrected chi connectivity index (χ0v) is 13.5. The largest absolute Gasteiger partial charge is 0.316 e. The molecule has 1 heterocycles. The fourth-order valence-corrected chi connectivity index (χ4v) is 3.77. The number of carbonyl (C=O) groups is 1. The van der Waals surface area contributed by atoms with Gasteiger partial charge >= 0.3 is 0 Å². The predicted octanol–water partition coefficient (Wildman–Crippen LogP) is 3.94. The maximum absolute atomic E-state index is 12.1. The van der Waals surface area contributed by atoms with Crippen LogP contribution in [0.2, 0.25) is 0 Å². The molecule has 5 heteroatoms. The van der Waals surface area contributed by atoms with Crippen LogP contribution in [0.5, 0.6) is 0 Å². The van der Waals surface area contributed by atoms with E-state index in [9.17, 15) is 4.79 Å². The van der Waals surface area contributed by atoms with Crippen LogP contribution in [0, 0.1) is 5.92 Å². The summed E-state index contributed by atoms with van der Waals surface area (Å²) in [6.45, 7) is 5.87.